The molecular weight excluding hydrogens is 351 g/mol. The molecule has 3 rings (SSSR count). The summed E-state index contributed by atoms with van der Waals surface area (Å²) in [5.74, 6) is 2.73. The van der Waals surface area contributed by atoms with Crippen LogP contribution in [-0.4, -0.2) is 5.97 Å². The van der Waals surface area contributed by atoms with E-state index in [1.54, 1.807) is 0 Å². The molecule has 28 heavy (non-hydrogen) atoms. The summed E-state index contributed by atoms with van der Waals surface area (Å²) < 4.78 is 18.4. The van der Waals surface area contributed by atoms with Gasteiger partial charge in [-0.25, -0.2) is 4.39 Å². The van der Waals surface area contributed by atoms with Gasteiger partial charge in [-0.1, -0.05) is 64.7 Å². The van der Waals surface area contributed by atoms with Crippen LogP contribution in [0.15, 0.2) is 24.3 Å². The lowest BCUT2D eigenvalue weighted by Crippen LogP contribution is -2.26. The van der Waals surface area contributed by atoms with Crippen LogP contribution in [0.1, 0.15) is 90.4 Å². The van der Waals surface area contributed by atoms with Crippen molar-refractivity contribution >= 4 is 5.97 Å². The van der Waals surface area contributed by atoms with E-state index in [1.165, 1.54) is 82.1 Å². The van der Waals surface area contributed by atoms with Crippen LogP contribution in [-0.2, 0) is 4.79 Å². The molecule has 2 aliphatic carbocycles. The molecule has 156 valence electrons. The third kappa shape index (κ3) is 6.60. The number of halogens is 1. The summed E-state index contributed by atoms with van der Waals surface area (Å²) in [6.07, 6.45) is 16.9. The van der Waals surface area contributed by atoms with Crippen molar-refractivity contribution in [3.05, 3.63) is 30.1 Å². The topological polar surface area (TPSA) is 26.3 Å². The van der Waals surface area contributed by atoms with Gasteiger partial charge in [-0.05, 0) is 67.7 Å². The zero-order valence-corrected chi connectivity index (χ0v) is 17.5. The van der Waals surface area contributed by atoms with Gasteiger partial charge in [0.2, 0.25) is 0 Å². The third-order valence-corrected chi connectivity index (χ3v) is 7.13. The minimum atomic E-state index is -0.310. The molecular formula is C25H37FO2. The van der Waals surface area contributed by atoms with Gasteiger partial charge in [0.1, 0.15) is 11.6 Å². The SMILES string of the molecule is CCCCC1CCC(CCC2CCC(C(=O)Oc3ccc(F)cc3)CC2)CC1. The normalized spacial score (nSPS) is 28.1. The summed E-state index contributed by atoms with van der Waals surface area (Å²) in [6, 6.07) is 5.71. The fourth-order valence-electron chi connectivity index (χ4n) is 5.16. The average molecular weight is 389 g/mol. The van der Waals surface area contributed by atoms with Gasteiger partial charge in [0.25, 0.3) is 0 Å². The van der Waals surface area contributed by atoms with Crippen LogP contribution in [0.25, 0.3) is 0 Å². The highest BCUT2D eigenvalue weighted by atomic mass is 19.1. The van der Waals surface area contributed by atoms with E-state index >= 15 is 0 Å². The lowest BCUT2D eigenvalue weighted by molar-refractivity contribution is -0.140. The number of hydrogen-bond donors (Lipinski definition) is 0. The molecule has 1 aromatic rings. The number of rotatable bonds is 8. The van der Waals surface area contributed by atoms with E-state index in [-0.39, 0.29) is 17.7 Å². The number of esters is 1. The van der Waals surface area contributed by atoms with Gasteiger partial charge in [0, 0.05) is 0 Å². The summed E-state index contributed by atoms with van der Waals surface area (Å²) >= 11 is 0. The molecule has 0 radical (unpaired) electrons. The van der Waals surface area contributed by atoms with E-state index in [9.17, 15) is 9.18 Å². The van der Waals surface area contributed by atoms with Gasteiger partial charge in [0.15, 0.2) is 0 Å². The minimum absolute atomic E-state index is 0.00954. The van der Waals surface area contributed by atoms with E-state index in [0.717, 1.165) is 43.4 Å². The first-order valence-electron chi connectivity index (χ1n) is 11.6. The Bertz CT molecular complexity index is 581. The lowest BCUT2D eigenvalue weighted by Gasteiger charge is -2.31. The second-order valence-electron chi connectivity index (χ2n) is 9.20. The van der Waals surface area contributed by atoms with Gasteiger partial charge < -0.3 is 4.74 Å². The maximum absolute atomic E-state index is 13.0. The number of carbonyl (C=O) groups excluding carboxylic acids is 1. The summed E-state index contributed by atoms with van der Waals surface area (Å²) in [6.45, 7) is 2.29. The van der Waals surface area contributed by atoms with E-state index in [2.05, 4.69) is 6.92 Å². The fraction of sp³-hybridized carbons (Fsp3) is 0.720. The number of hydrogen-bond acceptors (Lipinski definition) is 2. The molecule has 0 N–H and O–H groups in total. The Morgan fingerprint density at radius 3 is 1.89 bits per heavy atom. The van der Waals surface area contributed by atoms with Crippen molar-refractivity contribution < 1.29 is 13.9 Å². The maximum atomic E-state index is 13.0. The fourth-order valence-corrected chi connectivity index (χ4v) is 5.16. The molecule has 0 spiro atoms. The van der Waals surface area contributed by atoms with Crippen LogP contribution in [0.2, 0.25) is 0 Å². The van der Waals surface area contributed by atoms with Gasteiger partial charge in [-0.2, -0.15) is 0 Å². The predicted molar refractivity (Wildman–Crippen MR) is 112 cm³/mol. The Labute approximate surface area is 170 Å². The van der Waals surface area contributed by atoms with Gasteiger partial charge >= 0.3 is 5.97 Å². The average Bonchev–Trinajstić information content (AvgIpc) is 2.73. The highest BCUT2D eigenvalue weighted by molar-refractivity contribution is 5.75. The molecule has 0 saturated heterocycles. The van der Waals surface area contributed by atoms with Gasteiger partial charge in [0.05, 0.1) is 5.92 Å². The second-order valence-corrected chi connectivity index (χ2v) is 9.20. The second kappa shape index (κ2) is 11.0. The molecule has 0 aromatic heterocycles. The van der Waals surface area contributed by atoms with Crippen molar-refractivity contribution in [1.82, 2.24) is 0 Å². The standard InChI is InChI=1S/C25H37FO2/c1-2-3-4-19-5-7-20(8-6-19)9-10-21-11-13-22(14-12-21)25(27)28-24-17-15-23(26)16-18-24/h15-22H,2-14H2,1H3. The zero-order chi connectivity index (χ0) is 19.8. The summed E-state index contributed by atoms with van der Waals surface area (Å²) in [4.78, 5) is 12.4. The summed E-state index contributed by atoms with van der Waals surface area (Å²) in [5, 5.41) is 0. The largest absolute Gasteiger partial charge is 0.426 e. The smallest absolute Gasteiger partial charge is 0.314 e. The quantitative estimate of drug-likeness (QED) is 0.344. The highest BCUT2D eigenvalue weighted by Crippen LogP contribution is 2.38. The Hall–Kier alpha value is -1.38. The van der Waals surface area contributed by atoms with Crippen LogP contribution in [0, 0.1) is 29.5 Å². The number of benzene rings is 1. The van der Waals surface area contributed by atoms with Crippen LogP contribution in [0.5, 0.6) is 5.75 Å². The molecule has 2 fully saturated rings. The summed E-state index contributed by atoms with van der Waals surface area (Å²) in [7, 11) is 0. The Morgan fingerprint density at radius 1 is 0.857 bits per heavy atom. The molecule has 2 saturated carbocycles. The lowest BCUT2D eigenvalue weighted by atomic mass is 9.75. The highest BCUT2D eigenvalue weighted by Gasteiger charge is 2.28. The zero-order valence-electron chi connectivity index (χ0n) is 17.5. The van der Waals surface area contributed by atoms with Crippen LogP contribution in [0.4, 0.5) is 4.39 Å². The number of ether oxygens (including phenoxy) is 1. The van der Waals surface area contributed by atoms with Crippen LogP contribution >= 0.6 is 0 Å². The molecule has 0 bridgehead atoms. The number of unbranched alkanes of at least 4 members (excludes halogenated alkanes) is 1. The van der Waals surface area contributed by atoms with Gasteiger partial charge in [-0.15, -0.1) is 0 Å². The maximum Gasteiger partial charge on any atom is 0.314 e. The molecule has 3 heteroatoms. The van der Waals surface area contributed by atoms with Crippen LogP contribution < -0.4 is 4.74 Å². The van der Waals surface area contributed by atoms with E-state index in [4.69, 9.17) is 4.74 Å². The Kier molecular flexibility index (Phi) is 8.36. The van der Waals surface area contributed by atoms with E-state index in [1.807, 2.05) is 0 Å². The van der Waals surface area contributed by atoms with Crippen molar-refractivity contribution in [2.75, 3.05) is 0 Å². The van der Waals surface area contributed by atoms with Crippen molar-refractivity contribution in [1.29, 1.82) is 0 Å². The molecule has 2 nitrogen and oxygen atoms in total. The molecule has 0 unspecified atom stereocenters. The molecule has 0 atom stereocenters. The molecule has 0 amide bonds. The first-order valence-corrected chi connectivity index (χ1v) is 11.6. The molecule has 2 aliphatic rings. The molecule has 0 heterocycles. The van der Waals surface area contributed by atoms with Crippen molar-refractivity contribution in [3.63, 3.8) is 0 Å². The summed E-state index contributed by atoms with van der Waals surface area (Å²) in [5.41, 5.74) is 0. The van der Waals surface area contributed by atoms with E-state index in [0.29, 0.717) is 5.75 Å². The Morgan fingerprint density at radius 2 is 1.36 bits per heavy atom. The minimum Gasteiger partial charge on any atom is -0.426 e. The molecule has 0 aliphatic heterocycles. The molecule has 1 aromatic carbocycles. The Balaban J connectivity index is 1.31. The monoisotopic (exact) mass is 388 g/mol. The van der Waals surface area contributed by atoms with Crippen molar-refractivity contribution in [3.8, 4) is 5.75 Å². The number of carbonyl (C=O) groups is 1. The van der Waals surface area contributed by atoms with Gasteiger partial charge in [-0.3, -0.25) is 4.79 Å². The van der Waals surface area contributed by atoms with Crippen LogP contribution in [0.3, 0.4) is 0 Å². The third-order valence-electron chi connectivity index (χ3n) is 7.13. The predicted octanol–water partition coefficient (Wildman–Crippen LogP) is 7.31. The first-order chi connectivity index (χ1) is 13.6. The first kappa shape index (κ1) is 21.3. The van der Waals surface area contributed by atoms with E-state index < -0.39 is 0 Å². The van der Waals surface area contributed by atoms with Crippen molar-refractivity contribution in [2.24, 2.45) is 23.7 Å². The van der Waals surface area contributed by atoms with Crippen molar-refractivity contribution in [2.45, 2.75) is 90.4 Å².